The number of alkyl halides is 3. The van der Waals surface area contributed by atoms with Crippen LogP contribution in [0.15, 0.2) is 147 Å². The molecule has 105 heavy (non-hydrogen) atoms. The number of likely N-dealkylation sites (tertiary alicyclic amines) is 3. The van der Waals surface area contributed by atoms with Gasteiger partial charge in [-0.1, -0.05) is 106 Å². The Labute approximate surface area is 627 Å². The van der Waals surface area contributed by atoms with Crippen LogP contribution in [0.5, 0.6) is 0 Å². The van der Waals surface area contributed by atoms with E-state index in [9.17, 15) is 59.1 Å². The maximum Gasteiger partial charge on any atom is 0.501 e. The number of nitrogens with one attached hydrogen (secondary N) is 4. The fourth-order valence-corrected chi connectivity index (χ4v) is 18.9. The number of rotatable bonds is 26. The lowest BCUT2D eigenvalue weighted by atomic mass is 9.73. The molecule has 1 aromatic heterocycles. The Kier molecular flexibility index (Phi) is 24.7. The minimum absolute atomic E-state index is 0.0306. The number of halogens is 4. The van der Waals surface area contributed by atoms with E-state index in [0.717, 1.165) is 83.3 Å². The zero-order valence-electron chi connectivity index (χ0n) is 60.3. The van der Waals surface area contributed by atoms with Crippen LogP contribution in [0.1, 0.15) is 126 Å². The summed E-state index contributed by atoms with van der Waals surface area (Å²) in [5, 5.41) is 20.4. The van der Waals surface area contributed by atoms with Crippen molar-refractivity contribution in [3.05, 3.63) is 160 Å². The van der Waals surface area contributed by atoms with E-state index in [1.807, 2.05) is 85.3 Å². The number of anilines is 2. The van der Waals surface area contributed by atoms with E-state index in [1.54, 1.807) is 54.7 Å². The zero-order chi connectivity index (χ0) is 75.3. The number of sulfone groups is 1. The van der Waals surface area contributed by atoms with Crippen LogP contribution >= 0.6 is 34.7 Å². The highest BCUT2D eigenvalue weighted by Gasteiger charge is 2.50. The third kappa shape index (κ3) is 19.5. The number of amides is 5. The largest absolute Gasteiger partial charge is 0.501 e. The van der Waals surface area contributed by atoms with Crippen molar-refractivity contribution < 1.29 is 59.1 Å². The first-order chi connectivity index (χ1) is 49.7. The van der Waals surface area contributed by atoms with Crippen molar-refractivity contribution in [3.8, 4) is 10.4 Å². The topological polar surface area (TPSA) is 251 Å². The second-order valence-electron chi connectivity index (χ2n) is 30.3. The van der Waals surface area contributed by atoms with E-state index in [4.69, 9.17) is 11.6 Å². The van der Waals surface area contributed by atoms with E-state index >= 15 is 0 Å². The van der Waals surface area contributed by atoms with Crippen LogP contribution < -0.4 is 25.6 Å². The number of thioether (sulfide) groups is 1. The van der Waals surface area contributed by atoms with Gasteiger partial charge in [0.1, 0.15) is 17.0 Å². The number of benzene rings is 5. The summed E-state index contributed by atoms with van der Waals surface area (Å²) in [6.45, 7) is 20.2. The maximum absolute atomic E-state index is 14.6. The first-order valence-electron chi connectivity index (χ1n) is 35.8. The number of fused-ring (bicyclic) bond motifs is 1. The summed E-state index contributed by atoms with van der Waals surface area (Å²) >= 11 is 9.18. The van der Waals surface area contributed by atoms with E-state index in [2.05, 4.69) is 61.6 Å². The predicted octanol–water partition coefficient (Wildman–Crippen LogP) is 11.9. The number of sulfonamides is 1. The first-order valence-corrected chi connectivity index (χ1v) is 41.0. The molecule has 0 saturated carbocycles. The Morgan fingerprint density at radius 1 is 0.800 bits per heavy atom. The lowest BCUT2D eigenvalue weighted by molar-refractivity contribution is -0.144. The molecule has 5 aromatic carbocycles. The highest BCUT2D eigenvalue weighted by molar-refractivity contribution is 7.99. The molecule has 7 atom stereocenters. The molecule has 0 spiro atoms. The van der Waals surface area contributed by atoms with Gasteiger partial charge in [0, 0.05) is 124 Å². The van der Waals surface area contributed by atoms with Crippen LogP contribution in [-0.4, -0.2) is 184 Å². The molecule has 5 aliphatic rings. The summed E-state index contributed by atoms with van der Waals surface area (Å²) < 4.78 is 101. The van der Waals surface area contributed by atoms with Gasteiger partial charge in [-0.25, -0.2) is 26.5 Å². The Balaban J connectivity index is 0.664. The van der Waals surface area contributed by atoms with Gasteiger partial charge in [-0.05, 0) is 158 Å². The molecule has 1 aliphatic carbocycles. The van der Waals surface area contributed by atoms with Gasteiger partial charge in [0.05, 0.1) is 38.8 Å². The second-order valence-corrected chi connectivity index (χ2v) is 36.3. The number of hydrogen-bond donors (Lipinski definition) is 5. The van der Waals surface area contributed by atoms with Gasteiger partial charge in [0.15, 0.2) is 0 Å². The third-order valence-corrected chi connectivity index (χ3v) is 26.1. The van der Waals surface area contributed by atoms with Crippen molar-refractivity contribution >= 4 is 101 Å². The molecule has 0 bridgehead atoms. The SMILES string of the molecule is Cc1ncsc1-c1ccc([C@H](C)NC(=O)[C@@H]2C[C@@H](O)CN2C(=O)[C@@H](NC(=O)CCCC(=O)N2C[C@H]3CN(CC[C@H](CSc4ccccc4)Nc4ccc(S(=O)(=O)NC(=O)c5ccc(N6CCN(CC7=C(c8ccc(Cl)cc8)CCC(C)(C)C7)CC6)cc5)cc4S(=O)(=O)C(F)(F)F)C[C@H]3C2)C(C)(C)C)cc1. The van der Waals surface area contributed by atoms with Crippen molar-refractivity contribution in [3.63, 3.8) is 0 Å². The summed E-state index contributed by atoms with van der Waals surface area (Å²) in [4.78, 5) is 83.2. The number of thiazole rings is 1. The van der Waals surface area contributed by atoms with Gasteiger partial charge in [-0.15, -0.1) is 23.1 Å². The minimum atomic E-state index is -6.19. The van der Waals surface area contributed by atoms with Crippen LogP contribution in [0.25, 0.3) is 16.0 Å². The van der Waals surface area contributed by atoms with Gasteiger partial charge < -0.3 is 40.7 Å². The number of aryl methyl sites for hydroxylation is 1. The standard InChI is InChI=1S/C77H94ClF3N10O10S4/c1-49(51-16-18-53(19-17-51)70-50(2)82-48-103-70)83-73(96)66-38-61(92)46-91(66)74(97)71(75(3,4)5)85-68(93)14-11-15-69(94)90-44-56-42-88(43-57(56)45-90)33-31-59(47-102-62-12-9-8-10-13-62)84-65-29-28-63(39-67(65)104(98,99)77(79,80)81)105(100,101)86-72(95)54-22-26-60(27-23-54)89-36-34-87(35-37-89)41-55-40-76(6,7)32-30-64(55)52-20-24-58(78)25-21-52/h8-10,12-13,16-29,39,48-49,56-57,59,61,66,71,84,92H,11,14-15,30-38,40-47H2,1-7H3,(H,83,96)(H,85,93)(H,86,95)/t49-,56-,57+,59+,61+,66-,71+/m0/s1. The highest BCUT2D eigenvalue weighted by Crippen LogP contribution is 2.44. The number of aromatic nitrogens is 1. The lowest BCUT2D eigenvalue weighted by Crippen LogP contribution is -2.57. The average Bonchev–Trinajstić information content (AvgIpc) is 1.51. The fourth-order valence-electron chi connectivity index (χ4n) is 14.9. The summed E-state index contributed by atoms with van der Waals surface area (Å²) in [5.74, 6) is -2.07. The van der Waals surface area contributed by atoms with Crippen molar-refractivity contribution in [2.75, 3.05) is 88.0 Å². The van der Waals surface area contributed by atoms with Gasteiger partial charge in [0.25, 0.3) is 25.8 Å². The molecule has 5 amide bonds. The van der Waals surface area contributed by atoms with Crippen molar-refractivity contribution in [1.29, 1.82) is 0 Å². The fraction of sp³-hybridized carbons (Fsp3) is 0.481. The number of allylic oxidation sites excluding steroid dienone is 1. The van der Waals surface area contributed by atoms with E-state index in [0.29, 0.717) is 63.3 Å². The van der Waals surface area contributed by atoms with Crippen molar-refractivity contribution in [2.45, 2.75) is 150 Å². The monoisotopic (exact) mass is 1540 g/mol. The Hall–Kier alpha value is -7.37. The number of carbonyl (C=O) groups excluding carboxylic acids is 5. The molecule has 564 valence electrons. The van der Waals surface area contributed by atoms with Crippen LogP contribution in [0, 0.1) is 29.6 Å². The van der Waals surface area contributed by atoms with Crippen LogP contribution in [-0.2, 0) is 39.0 Å². The molecular weight excluding hydrogens is 1450 g/mol. The van der Waals surface area contributed by atoms with E-state index in [1.165, 1.54) is 45.5 Å². The Bertz CT molecular complexity index is 4370. The van der Waals surface area contributed by atoms with Gasteiger partial charge in [-0.3, -0.25) is 28.9 Å². The molecule has 6 aromatic rings. The normalized spacial score (nSPS) is 20.5. The van der Waals surface area contributed by atoms with Crippen molar-refractivity contribution in [2.24, 2.45) is 22.7 Å². The smallest absolute Gasteiger partial charge is 0.391 e. The Morgan fingerprint density at radius 3 is 2.10 bits per heavy atom. The number of aliphatic hydroxyl groups excluding tert-OH is 1. The molecule has 20 nitrogen and oxygen atoms in total. The number of hydrogen-bond acceptors (Lipinski definition) is 17. The zero-order valence-corrected chi connectivity index (χ0v) is 64.3. The van der Waals surface area contributed by atoms with Crippen LogP contribution in [0.2, 0.25) is 5.02 Å². The molecule has 5 heterocycles. The molecular formula is C77H94ClF3N10O10S4. The second kappa shape index (κ2) is 33.0. The lowest BCUT2D eigenvalue weighted by Gasteiger charge is -2.39. The molecule has 0 radical (unpaired) electrons. The molecule has 4 aliphatic heterocycles. The molecule has 28 heteroatoms. The molecule has 4 fully saturated rings. The van der Waals surface area contributed by atoms with Gasteiger partial charge in [0.2, 0.25) is 23.6 Å². The van der Waals surface area contributed by atoms with Crippen LogP contribution in [0.3, 0.4) is 0 Å². The quantitative estimate of drug-likeness (QED) is 0.0317. The third-order valence-electron chi connectivity index (χ3n) is 20.8. The summed E-state index contributed by atoms with van der Waals surface area (Å²) in [6, 6.07) is 30.7. The average molecular weight is 1540 g/mol. The number of carbonyl (C=O) groups is 5. The molecule has 11 rings (SSSR count). The van der Waals surface area contributed by atoms with Crippen LogP contribution in [0.4, 0.5) is 24.5 Å². The number of piperazine rings is 1. The minimum Gasteiger partial charge on any atom is -0.391 e. The summed E-state index contributed by atoms with van der Waals surface area (Å²) in [6.07, 6.45) is 2.73. The number of β-amino-alcohol motifs (C(OH)–C–C–N with tert-alkyl or cyclic N) is 1. The molecule has 5 N–H and O–H groups in total. The maximum atomic E-state index is 14.6. The number of aliphatic hydroxyl groups is 1. The van der Waals surface area contributed by atoms with E-state index in [-0.39, 0.29) is 66.7 Å². The summed E-state index contributed by atoms with van der Waals surface area (Å²) in [7, 11) is -11.1. The van der Waals surface area contributed by atoms with E-state index < -0.39 is 100 Å². The van der Waals surface area contributed by atoms with Gasteiger partial charge in [-0.2, -0.15) is 13.2 Å². The Morgan fingerprint density at radius 2 is 1.47 bits per heavy atom. The summed E-state index contributed by atoms with van der Waals surface area (Å²) in [5.41, 5.74) is 2.46. The number of nitrogens with zero attached hydrogens (tertiary/aromatic N) is 6. The van der Waals surface area contributed by atoms with Crippen molar-refractivity contribution in [1.82, 2.24) is 39.9 Å². The predicted molar refractivity (Wildman–Crippen MR) is 405 cm³/mol. The highest BCUT2D eigenvalue weighted by atomic mass is 35.5. The molecule has 0 unspecified atom stereocenters. The molecule has 4 saturated heterocycles. The first kappa shape index (κ1) is 78.7. The van der Waals surface area contributed by atoms with Gasteiger partial charge >= 0.3 is 5.51 Å².